The number of hydrazone groups is 1. The van der Waals surface area contributed by atoms with Crippen molar-refractivity contribution in [1.82, 2.24) is 5.43 Å². The average Bonchev–Trinajstić information content (AvgIpc) is 2.80. The van der Waals surface area contributed by atoms with E-state index in [1.807, 2.05) is 19.1 Å². The maximum Gasteiger partial charge on any atom is 0.329 e. The molecule has 0 aliphatic carbocycles. The molecule has 8 nitrogen and oxygen atoms in total. The van der Waals surface area contributed by atoms with Crippen LogP contribution in [0.25, 0.3) is 0 Å². The first-order valence-electron chi connectivity index (χ1n) is 9.89. The van der Waals surface area contributed by atoms with E-state index in [0.717, 1.165) is 5.56 Å². The van der Waals surface area contributed by atoms with E-state index in [2.05, 4.69) is 21.2 Å². The number of carbonyl (C=O) groups excluding carboxylic acids is 3. The summed E-state index contributed by atoms with van der Waals surface area (Å²) in [5.74, 6) is -1.76. The predicted octanol–water partition coefficient (Wildman–Crippen LogP) is 3.75. The molecule has 0 atom stereocenters. The van der Waals surface area contributed by atoms with E-state index in [4.69, 9.17) is 16.3 Å². The molecular formula is C24H21ClN4O4. The Hall–Kier alpha value is -4.17. The number of hydrogen-bond donors (Lipinski definition) is 3. The molecule has 0 aliphatic heterocycles. The number of amides is 3. The maximum atomic E-state index is 12.1. The van der Waals surface area contributed by atoms with Gasteiger partial charge < -0.3 is 15.4 Å². The molecule has 0 unspecified atom stereocenters. The van der Waals surface area contributed by atoms with Gasteiger partial charge in [0.05, 0.1) is 6.21 Å². The van der Waals surface area contributed by atoms with Crippen LogP contribution in [-0.2, 0) is 14.4 Å². The zero-order chi connectivity index (χ0) is 23.6. The van der Waals surface area contributed by atoms with E-state index in [-0.39, 0.29) is 12.5 Å². The topological polar surface area (TPSA) is 109 Å². The summed E-state index contributed by atoms with van der Waals surface area (Å²) in [6.07, 6.45) is 1.32. The van der Waals surface area contributed by atoms with Gasteiger partial charge in [-0.25, -0.2) is 5.43 Å². The lowest BCUT2D eigenvalue weighted by Crippen LogP contribution is -2.32. The Kier molecular flexibility index (Phi) is 8.15. The van der Waals surface area contributed by atoms with Crippen LogP contribution >= 0.6 is 11.6 Å². The highest BCUT2D eigenvalue weighted by atomic mass is 35.5. The van der Waals surface area contributed by atoms with E-state index >= 15 is 0 Å². The summed E-state index contributed by atoms with van der Waals surface area (Å²) in [6.45, 7) is 1.57. The second-order valence-electron chi connectivity index (χ2n) is 6.85. The van der Waals surface area contributed by atoms with Gasteiger partial charge in [0.2, 0.25) is 0 Å². The molecule has 0 heterocycles. The average molecular weight is 465 g/mol. The molecule has 0 saturated heterocycles. The summed E-state index contributed by atoms with van der Waals surface area (Å²) in [5.41, 5.74) is 4.60. The molecule has 0 radical (unpaired) electrons. The van der Waals surface area contributed by atoms with Crippen molar-refractivity contribution >= 4 is 46.9 Å². The van der Waals surface area contributed by atoms with Gasteiger partial charge in [-0.3, -0.25) is 14.4 Å². The van der Waals surface area contributed by atoms with Crippen LogP contribution in [0.2, 0.25) is 5.02 Å². The van der Waals surface area contributed by atoms with Crippen molar-refractivity contribution < 1.29 is 19.1 Å². The first-order chi connectivity index (χ1) is 15.9. The fourth-order valence-electron chi connectivity index (χ4n) is 2.73. The number of benzene rings is 3. The van der Waals surface area contributed by atoms with Gasteiger partial charge in [0.25, 0.3) is 5.91 Å². The smallest absolute Gasteiger partial charge is 0.329 e. The molecule has 3 amide bonds. The molecule has 3 N–H and O–H groups in total. The van der Waals surface area contributed by atoms with Gasteiger partial charge in [0.15, 0.2) is 6.61 Å². The Bertz CT molecular complexity index is 1200. The van der Waals surface area contributed by atoms with Crippen LogP contribution in [0.4, 0.5) is 11.4 Å². The summed E-state index contributed by atoms with van der Waals surface area (Å²) in [7, 11) is 0. The molecule has 3 aromatic rings. The largest absolute Gasteiger partial charge is 0.483 e. The molecule has 3 rings (SSSR count). The number of ether oxygens (including phenoxy) is 1. The van der Waals surface area contributed by atoms with Crippen LogP contribution < -0.4 is 20.8 Å². The third-order valence-electron chi connectivity index (χ3n) is 4.36. The van der Waals surface area contributed by atoms with Crippen LogP contribution in [-0.4, -0.2) is 30.5 Å². The van der Waals surface area contributed by atoms with Gasteiger partial charge in [0.1, 0.15) is 5.75 Å². The standard InChI is InChI=1S/C24H21ClN4O4/c1-16-7-2-4-11-20(16)28-23(31)24(32)29-26-14-17-8-3-5-12-21(17)33-15-22(30)27-19-10-6-9-18(25)13-19/h2-14H,15H2,1H3,(H,27,30)(H,28,31)(H,29,32)/b26-14-. The Morgan fingerprint density at radius 1 is 0.939 bits per heavy atom. The third kappa shape index (κ3) is 7.19. The number of nitrogens with one attached hydrogen (secondary N) is 3. The van der Waals surface area contributed by atoms with Gasteiger partial charge in [-0.2, -0.15) is 5.10 Å². The lowest BCUT2D eigenvalue weighted by atomic mass is 10.2. The van der Waals surface area contributed by atoms with Crippen LogP contribution in [0.15, 0.2) is 77.9 Å². The lowest BCUT2D eigenvalue weighted by molar-refractivity contribution is -0.136. The molecule has 168 valence electrons. The Balaban J connectivity index is 1.54. The number of para-hydroxylation sites is 2. The molecule has 0 aromatic heterocycles. The molecule has 0 bridgehead atoms. The fraction of sp³-hybridized carbons (Fsp3) is 0.0833. The highest BCUT2D eigenvalue weighted by Gasteiger charge is 2.14. The van der Waals surface area contributed by atoms with Gasteiger partial charge >= 0.3 is 11.8 Å². The van der Waals surface area contributed by atoms with Crippen molar-refractivity contribution in [2.24, 2.45) is 5.10 Å². The van der Waals surface area contributed by atoms with E-state index < -0.39 is 11.8 Å². The third-order valence-corrected chi connectivity index (χ3v) is 4.59. The number of aryl methyl sites for hydroxylation is 1. The summed E-state index contributed by atoms with van der Waals surface area (Å²) < 4.78 is 5.57. The number of carbonyl (C=O) groups is 3. The molecule has 0 saturated carbocycles. The number of nitrogens with zero attached hydrogens (tertiary/aromatic N) is 1. The Labute approximate surface area is 195 Å². The second-order valence-corrected chi connectivity index (χ2v) is 7.29. The molecule has 3 aromatic carbocycles. The first-order valence-corrected chi connectivity index (χ1v) is 10.3. The van der Waals surface area contributed by atoms with Crippen LogP contribution in [0.1, 0.15) is 11.1 Å². The quantitative estimate of drug-likeness (QED) is 0.281. The van der Waals surface area contributed by atoms with E-state index in [1.54, 1.807) is 60.7 Å². The molecular weight excluding hydrogens is 444 g/mol. The molecule has 0 fully saturated rings. The van der Waals surface area contributed by atoms with Crippen molar-refractivity contribution in [3.05, 3.63) is 88.9 Å². The van der Waals surface area contributed by atoms with E-state index in [0.29, 0.717) is 27.7 Å². The van der Waals surface area contributed by atoms with Crippen LogP contribution in [0.3, 0.4) is 0 Å². The number of anilines is 2. The summed E-state index contributed by atoms with van der Waals surface area (Å²) in [4.78, 5) is 36.2. The Morgan fingerprint density at radius 3 is 2.48 bits per heavy atom. The van der Waals surface area contributed by atoms with Gasteiger partial charge in [-0.05, 0) is 48.9 Å². The summed E-state index contributed by atoms with van der Waals surface area (Å²) in [5, 5.41) is 9.52. The van der Waals surface area contributed by atoms with Crippen molar-refractivity contribution in [2.45, 2.75) is 6.92 Å². The van der Waals surface area contributed by atoms with E-state index in [9.17, 15) is 14.4 Å². The molecule has 9 heteroatoms. The van der Waals surface area contributed by atoms with Crippen molar-refractivity contribution in [3.63, 3.8) is 0 Å². The molecule has 0 spiro atoms. The summed E-state index contributed by atoms with van der Waals surface area (Å²) >= 11 is 5.91. The van der Waals surface area contributed by atoms with E-state index in [1.165, 1.54) is 6.21 Å². The van der Waals surface area contributed by atoms with Crippen molar-refractivity contribution in [2.75, 3.05) is 17.2 Å². The lowest BCUT2D eigenvalue weighted by Gasteiger charge is -2.10. The fourth-order valence-corrected chi connectivity index (χ4v) is 2.92. The normalized spacial score (nSPS) is 10.5. The van der Waals surface area contributed by atoms with Crippen molar-refractivity contribution in [1.29, 1.82) is 0 Å². The van der Waals surface area contributed by atoms with Gasteiger partial charge in [0, 0.05) is 22.0 Å². The minimum Gasteiger partial charge on any atom is -0.483 e. The van der Waals surface area contributed by atoms with Gasteiger partial charge in [-0.15, -0.1) is 0 Å². The van der Waals surface area contributed by atoms with Crippen LogP contribution in [0, 0.1) is 6.92 Å². The minimum atomic E-state index is -0.922. The zero-order valence-corrected chi connectivity index (χ0v) is 18.4. The molecule has 33 heavy (non-hydrogen) atoms. The number of hydrogen-bond acceptors (Lipinski definition) is 5. The first kappa shape index (κ1) is 23.5. The second kappa shape index (κ2) is 11.4. The Morgan fingerprint density at radius 2 is 1.70 bits per heavy atom. The van der Waals surface area contributed by atoms with Crippen molar-refractivity contribution in [3.8, 4) is 5.75 Å². The highest BCUT2D eigenvalue weighted by molar-refractivity contribution is 6.39. The number of halogens is 1. The predicted molar refractivity (Wildman–Crippen MR) is 128 cm³/mol. The SMILES string of the molecule is Cc1ccccc1NC(=O)C(=O)N/N=C\c1ccccc1OCC(=O)Nc1cccc(Cl)c1. The van der Waals surface area contributed by atoms with Gasteiger partial charge in [-0.1, -0.05) is 48.0 Å². The van der Waals surface area contributed by atoms with Crippen LogP contribution in [0.5, 0.6) is 5.75 Å². The molecule has 0 aliphatic rings. The zero-order valence-electron chi connectivity index (χ0n) is 17.7. The highest BCUT2D eigenvalue weighted by Crippen LogP contribution is 2.17. The summed E-state index contributed by atoms with van der Waals surface area (Å²) in [6, 6.07) is 20.7. The number of rotatable bonds is 7. The monoisotopic (exact) mass is 464 g/mol. The minimum absolute atomic E-state index is 0.247. The maximum absolute atomic E-state index is 12.1.